The summed E-state index contributed by atoms with van der Waals surface area (Å²) in [6.07, 6.45) is 0.0975. The second kappa shape index (κ2) is 4.04. The molecular formula is C9H8ClNO4. The van der Waals surface area contributed by atoms with Crippen molar-refractivity contribution < 1.29 is 14.4 Å². The zero-order valence-electron chi connectivity index (χ0n) is 7.68. The molecule has 1 fully saturated rings. The van der Waals surface area contributed by atoms with E-state index in [2.05, 4.69) is 0 Å². The Kier molecular flexibility index (Phi) is 2.75. The molecule has 1 unspecified atom stereocenters. The van der Waals surface area contributed by atoms with E-state index in [9.17, 15) is 10.1 Å². The molecule has 2 rings (SSSR count). The zero-order valence-corrected chi connectivity index (χ0v) is 8.44. The Bertz CT molecular complexity index is 392. The molecule has 0 amide bonds. The predicted molar refractivity (Wildman–Crippen MR) is 53.3 cm³/mol. The molecule has 0 aromatic heterocycles. The van der Waals surface area contributed by atoms with E-state index in [1.165, 1.54) is 18.2 Å². The van der Waals surface area contributed by atoms with Gasteiger partial charge >= 0.3 is 0 Å². The molecule has 1 aliphatic heterocycles. The summed E-state index contributed by atoms with van der Waals surface area (Å²) in [6, 6.07) is 4.09. The van der Waals surface area contributed by atoms with Crippen molar-refractivity contribution in [1.82, 2.24) is 0 Å². The number of hydrogen-bond acceptors (Lipinski definition) is 4. The van der Waals surface area contributed by atoms with Gasteiger partial charge in [-0.05, 0) is 6.07 Å². The molecule has 0 radical (unpaired) electrons. The molecule has 1 saturated heterocycles. The molecule has 1 atom stereocenters. The molecule has 0 spiro atoms. The number of nitrogens with zero attached hydrogens (tertiary/aromatic N) is 1. The Balaban J connectivity index is 2.12. The fraction of sp³-hybridized carbons (Fsp3) is 0.333. The predicted octanol–water partition coefficient (Wildman–Crippen LogP) is 2.03. The molecule has 80 valence electrons. The lowest BCUT2D eigenvalue weighted by Gasteiger charge is -2.05. The van der Waals surface area contributed by atoms with Gasteiger partial charge in [0.05, 0.1) is 22.6 Å². The number of ether oxygens (including phenoxy) is 2. The summed E-state index contributed by atoms with van der Waals surface area (Å²) in [5.41, 5.74) is -0.0360. The van der Waals surface area contributed by atoms with Crippen molar-refractivity contribution in [3.63, 3.8) is 0 Å². The van der Waals surface area contributed by atoms with Crippen molar-refractivity contribution in [1.29, 1.82) is 0 Å². The van der Waals surface area contributed by atoms with Crippen LogP contribution in [0.2, 0.25) is 5.02 Å². The molecular weight excluding hydrogens is 222 g/mol. The minimum atomic E-state index is -0.489. The van der Waals surface area contributed by atoms with Crippen molar-refractivity contribution >= 4 is 17.3 Å². The van der Waals surface area contributed by atoms with Gasteiger partial charge in [-0.1, -0.05) is 11.6 Å². The highest BCUT2D eigenvalue weighted by Gasteiger charge is 2.23. The van der Waals surface area contributed by atoms with Crippen LogP contribution in [0.1, 0.15) is 0 Å². The summed E-state index contributed by atoms with van der Waals surface area (Å²) in [6.45, 7) is 1.05. The van der Waals surface area contributed by atoms with Crippen LogP contribution < -0.4 is 4.74 Å². The van der Waals surface area contributed by atoms with Gasteiger partial charge in [0.25, 0.3) is 5.69 Å². The van der Waals surface area contributed by atoms with Crippen molar-refractivity contribution in [3.05, 3.63) is 33.3 Å². The monoisotopic (exact) mass is 229 g/mol. The number of epoxide rings is 1. The fourth-order valence-corrected chi connectivity index (χ4v) is 1.24. The van der Waals surface area contributed by atoms with Crippen LogP contribution in [0.5, 0.6) is 5.75 Å². The normalized spacial score (nSPS) is 18.6. The largest absolute Gasteiger partial charge is 0.489 e. The maximum absolute atomic E-state index is 10.5. The van der Waals surface area contributed by atoms with Gasteiger partial charge in [-0.15, -0.1) is 0 Å². The highest BCUT2D eigenvalue weighted by molar-refractivity contribution is 6.32. The van der Waals surface area contributed by atoms with Crippen LogP contribution in [0.25, 0.3) is 0 Å². The quantitative estimate of drug-likeness (QED) is 0.450. The lowest BCUT2D eigenvalue weighted by Crippen LogP contribution is -2.04. The van der Waals surface area contributed by atoms with Crippen LogP contribution in [-0.4, -0.2) is 24.2 Å². The Morgan fingerprint density at radius 1 is 1.67 bits per heavy atom. The first kappa shape index (κ1) is 10.2. The molecule has 1 aromatic carbocycles. The standard InChI is InChI=1S/C9H8ClNO4/c10-8-2-1-6(11(12)13)3-9(8)15-5-7-4-14-7/h1-3,7H,4-5H2. The third-order valence-electron chi connectivity index (χ3n) is 1.95. The number of non-ortho nitro benzene ring substituents is 1. The van der Waals surface area contributed by atoms with E-state index in [0.717, 1.165) is 0 Å². The number of nitro benzene ring substituents is 1. The van der Waals surface area contributed by atoms with Crippen LogP contribution in [0, 0.1) is 10.1 Å². The molecule has 0 bridgehead atoms. The van der Waals surface area contributed by atoms with E-state index < -0.39 is 4.92 Å². The van der Waals surface area contributed by atoms with E-state index in [1.54, 1.807) is 0 Å². The minimum absolute atomic E-state index is 0.0360. The van der Waals surface area contributed by atoms with Crippen LogP contribution in [0.3, 0.4) is 0 Å². The first-order chi connectivity index (χ1) is 7.16. The van der Waals surface area contributed by atoms with Gasteiger partial charge < -0.3 is 9.47 Å². The summed E-state index contributed by atoms with van der Waals surface area (Å²) >= 11 is 5.82. The Morgan fingerprint density at radius 3 is 3.00 bits per heavy atom. The van der Waals surface area contributed by atoms with Gasteiger partial charge in [0, 0.05) is 6.07 Å². The molecule has 0 saturated carbocycles. The first-order valence-corrected chi connectivity index (χ1v) is 4.73. The third kappa shape index (κ3) is 2.57. The third-order valence-corrected chi connectivity index (χ3v) is 2.26. The molecule has 1 heterocycles. The summed E-state index contributed by atoms with van der Waals surface area (Å²) in [5, 5.41) is 10.9. The Hall–Kier alpha value is -1.33. The maximum Gasteiger partial charge on any atom is 0.273 e. The molecule has 6 heteroatoms. The van der Waals surface area contributed by atoms with Gasteiger partial charge in [-0.25, -0.2) is 0 Å². The minimum Gasteiger partial charge on any atom is -0.489 e. The lowest BCUT2D eigenvalue weighted by atomic mass is 10.3. The van der Waals surface area contributed by atoms with Crippen LogP contribution >= 0.6 is 11.6 Å². The Labute approximate surface area is 90.7 Å². The smallest absolute Gasteiger partial charge is 0.273 e. The maximum atomic E-state index is 10.5. The van der Waals surface area contributed by atoms with Crippen molar-refractivity contribution in [2.45, 2.75) is 6.10 Å². The summed E-state index contributed by atoms with van der Waals surface area (Å²) in [7, 11) is 0. The molecule has 0 N–H and O–H groups in total. The van der Waals surface area contributed by atoms with Gasteiger partial charge in [0.1, 0.15) is 18.5 Å². The highest BCUT2D eigenvalue weighted by Crippen LogP contribution is 2.29. The van der Waals surface area contributed by atoms with Crippen LogP contribution in [0.15, 0.2) is 18.2 Å². The number of nitro groups is 1. The SMILES string of the molecule is O=[N+]([O-])c1ccc(Cl)c(OCC2CO2)c1. The second-order valence-electron chi connectivity index (χ2n) is 3.14. The number of rotatable bonds is 4. The second-order valence-corrected chi connectivity index (χ2v) is 3.55. The fourth-order valence-electron chi connectivity index (χ4n) is 1.06. The highest BCUT2D eigenvalue weighted by atomic mass is 35.5. The number of hydrogen-bond donors (Lipinski definition) is 0. The van der Waals surface area contributed by atoms with E-state index in [-0.39, 0.29) is 11.8 Å². The average molecular weight is 230 g/mol. The molecule has 1 aromatic rings. The summed E-state index contributed by atoms with van der Waals surface area (Å²) in [4.78, 5) is 10.0. The average Bonchev–Trinajstić information content (AvgIpc) is 3.00. The Morgan fingerprint density at radius 2 is 2.40 bits per heavy atom. The molecule has 5 nitrogen and oxygen atoms in total. The van der Waals surface area contributed by atoms with Gasteiger partial charge in [0.2, 0.25) is 0 Å². The van der Waals surface area contributed by atoms with Crippen LogP contribution in [-0.2, 0) is 4.74 Å². The zero-order chi connectivity index (χ0) is 10.8. The number of halogens is 1. The van der Waals surface area contributed by atoms with Crippen molar-refractivity contribution in [2.24, 2.45) is 0 Å². The van der Waals surface area contributed by atoms with Gasteiger partial charge in [-0.2, -0.15) is 0 Å². The number of benzene rings is 1. The van der Waals surface area contributed by atoms with E-state index in [0.29, 0.717) is 24.0 Å². The van der Waals surface area contributed by atoms with E-state index >= 15 is 0 Å². The summed E-state index contributed by atoms with van der Waals surface area (Å²) in [5.74, 6) is 0.321. The first-order valence-electron chi connectivity index (χ1n) is 4.35. The molecule has 1 aliphatic rings. The molecule has 0 aliphatic carbocycles. The topological polar surface area (TPSA) is 64.9 Å². The van der Waals surface area contributed by atoms with Crippen molar-refractivity contribution in [2.75, 3.05) is 13.2 Å². The van der Waals surface area contributed by atoms with E-state index in [4.69, 9.17) is 21.1 Å². The van der Waals surface area contributed by atoms with E-state index in [1.807, 2.05) is 0 Å². The summed E-state index contributed by atoms with van der Waals surface area (Å²) < 4.78 is 10.2. The lowest BCUT2D eigenvalue weighted by molar-refractivity contribution is -0.384. The molecule has 15 heavy (non-hydrogen) atoms. The van der Waals surface area contributed by atoms with Gasteiger partial charge in [0.15, 0.2) is 0 Å². The van der Waals surface area contributed by atoms with Gasteiger partial charge in [-0.3, -0.25) is 10.1 Å². The van der Waals surface area contributed by atoms with Crippen LogP contribution in [0.4, 0.5) is 5.69 Å². The van der Waals surface area contributed by atoms with Crippen molar-refractivity contribution in [3.8, 4) is 5.75 Å².